The van der Waals surface area contributed by atoms with Crippen LogP contribution in [0, 0.1) is 5.92 Å². The van der Waals surface area contributed by atoms with Crippen molar-refractivity contribution in [3.05, 3.63) is 18.0 Å². The van der Waals surface area contributed by atoms with Crippen molar-refractivity contribution in [2.24, 2.45) is 5.92 Å². The van der Waals surface area contributed by atoms with E-state index in [1.54, 1.807) is 12.1 Å². The Bertz CT molecular complexity index is 541. The number of aromatic nitrogens is 5. The molecule has 2 heterocycles. The molecule has 0 saturated carbocycles. The summed E-state index contributed by atoms with van der Waals surface area (Å²) in [5, 5.41) is 16.9. The van der Waals surface area contributed by atoms with Gasteiger partial charge in [0.15, 0.2) is 5.82 Å². The van der Waals surface area contributed by atoms with Gasteiger partial charge in [0.2, 0.25) is 5.88 Å². The molecule has 0 spiro atoms. The predicted molar refractivity (Wildman–Crippen MR) is 75.2 cm³/mol. The highest BCUT2D eigenvalue weighted by molar-refractivity contribution is 5.53. The molecule has 0 amide bonds. The summed E-state index contributed by atoms with van der Waals surface area (Å²) >= 11 is 0. The van der Waals surface area contributed by atoms with Gasteiger partial charge in [-0.15, -0.1) is 10.2 Å². The van der Waals surface area contributed by atoms with Crippen molar-refractivity contribution in [1.82, 2.24) is 25.6 Å². The fraction of sp³-hybridized carbons (Fsp3) is 0.500. The number of rotatable bonds is 6. The summed E-state index contributed by atoms with van der Waals surface area (Å²) in [6.07, 6.45) is 0. The minimum Gasteiger partial charge on any atom is -0.476 e. The van der Waals surface area contributed by atoms with Crippen molar-refractivity contribution in [2.45, 2.75) is 26.8 Å². The molecule has 8 heteroatoms. The minimum absolute atomic E-state index is 0.122. The van der Waals surface area contributed by atoms with Crippen molar-refractivity contribution in [3.8, 4) is 5.88 Å². The Kier molecular flexibility index (Phi) is 4.34. The van der Waals surface area contributed by atoms with E-state index in [2.05, 4.69) is 44.8 Å². The van der Waals surface area contributed by atoms with Crippen molar-refractivity contribution < 1.29 is 4.74 Å². The number of tetrazole rings is 1. The van der Waals surface area contributed by atoms with Crippen LogP contribution in [0.15, 0.2) is 12.1 Å². The lowest BCUT2D eigenvalue weighted by Crippen LogP contribution is -2.12. The van der Waals surface area contributed by atoms with Crippen LogP contribution in [0.2, 0.25) is 0 Å². The first-order valence-electron chi connectivity index (χ1n) is 6.45. The van der Waals surface area contributed by atoms with Crippen LogP contribution in [0.4, 0.5) is 11.5 Å². The molecule has 8 nitrogen and oxygen atoms in total. The van der Waals surface area contributed by atoms with E-state index in [1.807, 2.05) is 6.92 Å². The van der Waals surface area contributed by atoms with Gasteiger partial charge in [-0.1, -0.05) is 19.1 Å². The maximum absolute atomic E-state index is 5.85. The molecule has 0 aliphatic carbocycles. The van der Waals surface area contributed by atoms with Gasteiger partial charge in [0.05, 0.1) is 18.3 Å². The molecule has 1 unspecified atom stereocenters. The van der Waals surface area contributed by atoms with E-state index in [-0.39, 0.29) is 6.04 Å². The normalized spacial score (nSPS) is 12.4. The number of anilines is 2. The van der Waals surface area contributed by atoms with Gasteiger partial charge in [-0.2, -0.15) is 10.2 Å². The van der Waals surface area contributed by atoms with Gasteiger partial charge >= 0.3 is 0 Å². The number of hydrogen-bond acceptors (Lipinski definition) is 7. The molecule has 0 aromatic carbocycles. The van der Waals surface area contributed by atoms with Gasteiger partial charge in [0.1, 0.15) is 5.82 Å². The average molecular weight is 277 g/mol. The maximum Gasteiger partial charge on any atom is 0.239 e. The number of hydrogen-bond donors (Lipinski definition) is 3. The van der Waals surface area contributed by atoms with Crippen LogP contribution in [0.25, 0.3) is 0 Å². The van der Waals surface area contributed by atoms with Crippen LogP contribution in [-0.4, -0.2) is 32.2 Å². The summed E-state index contributed by atoms with van der Waals surface area (Å²) in [6.45, 7) is 6.62. The van der Waals surface area contributed by atoms with Crippen molar-refractivity contribution in [3.63, 3.8) is 0 Å². The Morgan fingerprint density at radius 1 is 1.35 bits per heavy atom. The van der Waals surface area contributed by atoms with Crippen LogP contribution in [-0.2, 0) is 0 Å². The number of aromatic amines is 1. The molecule has 20 heavy (non-hydrogen) atoms. The number of H-pyrrole nitrogens is 1. The fourth-order valence-electron chi connectivity index (χ4n) is 1.53. The lowest BCUT2D eigenvalue weighted by molar-refractivity contribution is 0.263. The molecule has 0 aliphatic rings. The van der Waals surface area contributed by atoms with Crippen LogP contribution in [0.5, 0.6) is 5.88 Å². The third-order valence-electron chi connectivity index (χ3n) is 2.56. The number of ether oxygens (including phenoxy) is 1. The number of nitrogens with two attached hydrogens (primary N) is 1. The standard InChI is InChI=1S/C12H19N7O/c1-7(2)6-20-12-9(13)4-5-10(15-12)14-8(3)11-16-18-19-17-11/h4-5,7-8H,6,13H2,1-3H3,(H,14,15)(H,16,17,18,19). The van der Waals surface area contributed by atoms with Gasteiger partial charge < -0.3 is 15.8 Å². The smallest absolute Gasteiger partial charge is 0.239 e. The Hall–Kier alpha value is -2.38. The third kappa shape index (κ3) is 3.56. The van der Waals surface area contributed by atoms with Crippen LogP contribution in [0.3, 0.4) is 0 Å². The summed E-state index contributed by atoms with van der Waals surface area (Å²) in [6, 6.07) is 3.42. The zero-order valence-corrected chi connectivity index (χ0v) is 11.8. The number of nitrogens with one attached hydrogen (secondary N) is 2. The van der Waals surface area contributed by atoms with E-state index < -0.39 is 0 Å². The van der Waals surface area contributed by atoms with Crippen LogP contribution >= 0.6 is 0 Å². The molecular weight excluding hydrogens is 258 g/mol. The highest BCUT2D eigenvalue weighted by Gasteiger charge is 2.12. The summed E-state index contributed by atoms with van der Waals surface area (Å²) in [5.74, 6) is 2.05. The highest BCUT2D eigenvalue weighted by Crippen LogP contribution is 2.23. The molecule has 0 saturated heterocycles. The maximum atomic E-state index is 5.85. The number of nitrogen functional groups attached to an aromatic ring is 1. The molecule has 0 aliphatic heterocycles. The summed E-state index contributed by atoms with van der Waals surface area (Å²) < 4.78 is 5.59. The first kappa shape index (κ1) is 14.0. The first-order chi connectivity index (χ1) is 9.56. The molecule has 2 aromatic heterocycles. The fourth-order valence-corrected chi connectivity index (χ4v) is 1.53. The van der Waals surface area contributed by atoms with E-state index >= 15 is 0 Å². The zero-order valence-electron chi connectivity index (χ0n) is 11.8. The molecule has 4 N–H and O–H groups in total. The molecule has 108 valence electrons. The van der Waals surface area contributed by atoms with E-state index in [0.717, 1.165) is 0 Å². The van der Waals surface area contributed by atoms with Crippen molar-refractivity contribution >= 4 is 11.5 Å². The van der Waals surface area contributed by atoms with Gasteiger partial charge in [-0.3, -0.25) is 0 Å². The third-order valence-corrected chi connectivity index (χ3v) is 2.56. The largest absolute Gasteiger partial charge is 0.476 e. The molecule has 1 atom stereocenters. The quantitative estimate of drug-likeness (QED) is 0.730. The average Bonchev–Trinajstić information content (AvgIpc) is 2.93. The predicted octanol–water partition coefficient (Wildman–Crippen LogP) is 1.38. The van der Waals surface area contributed by atoms with Gasteiger partial charge in [0, 0.05) is 0 Å². The Balaban J connectivity index is 2.06. The van der Waals surface area contributed by atoms with Gasteiger partial charge in [0.25, 0.3) is 0 Å². The second kappa shape index (κ2) is 6.18. The Labute approximate surface area is 117 Å². The molecule has 0 bridgehead atoms. The SMILES string of the molecule is CC(C)COc1nc(NC(C)c2nn[nH]n2)ccc1N. The van der Waals surface area contributed by atoms with E-state index in [4.69, 9.17) is 10.5 Å². The minimum atomic E-state index is -0.122. The van der Waals surface area contributed by atoms with Crippen LogP contribution < -0.4 is 15.8 Å². The number of pyridine rings is 1. The molecule has 2 rings (SSSR count). The topological polar surface area (TPSA) is 115 Å². The van der Waals surface area contributed by atoms with E-state index in [1.165, 1.54) is 0 Å². The zero-order chi connectivity index (χ0) is 14.5. The summed E-state index contributed by atoms with van der Waals surface area (Å²) in [5.41, 5.74) is 6.36. The van der Waals surface area contributed by atoms with Crippen LogP contribution in [0.1, 0.15) is 32.6 Å². The molecule has 2 aromatic rings. The lowest BCUT2D eigenvalue weighted by Gasteiger charge is -2.14. The Morgan fingerprint density at radius 3 is 2.80 bits per heavy atom. The lowest BCUT2D eigenvalue weighted by atomic mass is 10.2. The van der Waals surface area contributed by atoms with Gasteiger partial charge in [-0.25, -0.2) is 0 Å². The second-order valence-corrected chi connectivity index (χ2v) is 4.93. The van der Waals surface area contributed by atoms with E-state index in [0.29, 0.717) is 35.7 Å². The van der Waals surface area contributed by atoms with E-state index in [9.17, 15) is 0 Å². The first-order valence-corrected chi connectivity index (χ1v) is 6.45. The molecule has 0 radical (unpaired) electrons. The highest BCUT2D eigenvalue weighted by atomic mass is 16.5. The van der Waals surface area contributed by atoms with Gasteiger partial charge in [-0.05, 0) is 25.0 Å². The number of nitrogens with zero attached hydrogens (tertiary/aromatic N) is 4. The molecule has 0 fully saturated rings. The van der Waals surface area contributed by atoms with Crippen molar-refractivity contribution in [1.29, 1.82) is 0 Å². The monoisotopic (exact) mass is 277 g/mol. The summed E-state index contributed by atoms with van der Waals surface area (Å²) in [7, 11) is 0. The second-order valence-electron chi connectivity index (χ2n) is 4.93. The summed E-state index contributed by atoms with van der Waals surface area (Å²) in [4.78, 5) is 4.35. The Morgan fingerprint density at radius 2 is 2.15 bits per heavy atom. The molecular formula is C12H19N7O. The van der Waals surface area contributed by atoms with Crippen molar-refractivity contribution in [2.75, 3.05) is 17.7 Å².